The number of ketones is 1. The molecule has 2 aromatic rings. The predicted octanol–water partition coefficient (Wildman–Crippen LogP) is -2.17. The van der Waals surface area contributed by atoms with Gasteiger partial charge in [-0.25, -0.2) is 0 Å². The molecular weight excluding hydrogens is 548 g/mol. The molecule has 14 nitrogen and oxygen atoms in total. The van der Waals surface area contributed by atoms with Gasteiger partial charge in [0.15, 0.2) is 5.78 Å². The number of fused-ring (bicyclic) bond motifs is 1. The van der Waals surface area contributed by atoms with Gasteiger partial charge in [0, 0.05) is 0 Å². The van der Waals surface area contributed by atoms with Gasteiger partial charge in [-0.3, -0.25) is 4.79 Å². The van der Waals surface area contributed by atoms with Crippen LogP contribution in [-0.4, -0.2) is 119 Å². The fourth-order valence-corrected chi connectivity index (χ4v) is 5.64. The number of phenolic OH excluding ortho intramolecular Hbond substituents is 2. The van der Waals surface area contributed by atoms with Crippen molar-refractivity contribution in [1.29, 1.82) is 0 Å². The van der Waals surface area contributed by atoms with Gasteiger partial charge in [0.25, 0.3) is 0 Å². The molecule has 5 rings (SSSR count). The minimum atomic E-state index is -1.98. The van der Waals surface area contributed by atoms with Crippen LogP contribution in [0.2, 0.25) is 0 Å². The highest BCUT2D eigenvalue weighted by Gasteiger charge is 2.51. The maximum absolute atomic E-state index is 13.5. The number of hydrogen-bond acceptors (Lipinski definition) is 14. The molecule has 0 radical (unpaired) electrons. The lowest BCUT2D eigenvalue weighted by Gasteiger charge is -2.43. The van der Waals surface area contributed by atoms with Crippen molar-refractivity contribution in [2.75, 3.05) is 13.2 Å². The molecule has 0 amide bonds. The molecule has 2 saturated heterocycles. The third kappa shape index (κ3) is 4.85. The van der Waals surface area contributed by atoms with Crippen LogP contribution in [0, 0.1) is 0 Å². The maximum atomic E-state index is 13.5. The summed E-state index contributed by atoms with van der Waals surface area (Å²) >= 11 is 0. The highest BCUT2D eigenvalue weighted by atomic mass is 16.6. The lowest BCUT2D eigenvalue weighted by molar-refractivity contribution is -0.234. The zero-order valence-corrected chi connectivity index (χ0v) is 21.5. The summed E-state index contributed by atoms with van der Waals surface area (Å²) in [5.41, 5.74) is -1.06. The normalized spacial score (nSPS) is 37.4. The monoisotopic (exact) mass is 580 g/mol. The fourth-order valence-electron chi connectivity index (χ4n) is 5.64. The van der Waals surface area contributed by atoms with E-state index in [9.17, 15) is 55.9 Å². The van der Waals surface area contributed by atoms with Gasteiger partial charge in [-0.1, -0.05) is 30.3 Å². The van der Waals surface area contributed by atoms with Crippen LogP contribution in [0.25, 0.3) is 0 Å². The number of phenols is 2. The first kappa shape index (κ1) is 29.6. The quantitative estimate of drug-likeness (QED) is 0.181. The van der Waals surface area contributed by atoms with E-state index in [0.717, 1.165) is 0 Å². The zero-order chi connectivity index (χ0) is 29.7. The van der Waals surface area contributed by atoms with E-state index in [1.807, 2.05) is 0 Å². The van der Waals surface area contributed by atoms with Gasteiger partial charge in [-0.05, 0) is 5.56 Å². The molecule has 224 valence electrons. The number of aliphatic hydroxyl groups excluding tert-OH is 8. The average molecular weight is 581 g/mol. The number of carbonyl (C=O) groups excluding carboxylic acids is 1. The number of benzene rings is 2. The molecule has 1 unspecified atom stereocenters. The van der Waals surface area contributed by atoms with Crippen molar-refractivity contribution in [3.63, 3.8) is 0 Å². The van der Waals surface area contributed by atoms with Gasteiger partial charge >= 0.3 is 0 Å². The lowest BCUT2D eigenvalue weighted by Crippen LogP contribution is -2.55. The van der Waals surface area contributed by atoms with Crippen molar-refractivity contribution < 1.29 is 70.1 Å². The summed E-state index contributed by atoms with van der Waals surface area (Å²) in [6.45, 7) is -1.64. The third-order valence-electron chi connectivity index (χ3n) is 7.91. The van der Waals surface area contributed by atoms with Crippen molar-refractivity contribution >= 4 is 5.78 Å². The van der Waals surface area contributed by atoms with E-state index in [4.69, 9.17) is 14.2 Å². The second-order valence-corrected chi connectivity index (χ2v) is 10.4. The Labute approximate surface area is 232 Å². The molecule has 3 aliphatic rings. The largest absolute Gasteiger partial charge is 0.507 e. The van der Waals surface area contributed by atoms with Crippen LogP contribution >= 0.6 is 0 Å². The molecule has 0 aromatic heterocycles. The van der Waals surface area contributed by atoms with E-state index in [1.165, 1.54) is 0 Å². The maximum Gasteiger partial charge on any atom is 0.174 e. The highest BCUT2D eigenvalue weighted by molar-refractivity contribution is 6.04. The Bertz CT molecular complexity index is 1270. The van der Waals surface area contributed by atoms with Crippen LogP contribution in [0.15, 0.2) is 30.3 Å². The van der Waals surface area contributed by atoms with Crippen molar-refractivity contribution in [2.45, 2.75) is 73.6 Å². The van der Waals surface area contributed by atoms with Crippen LogP contribution in [-0.2, 0) is 9.47 Å². The molecule has 3 heterocycles. The molecule has 14 heteroatoms. The van der Waals surface area contributed by atoms with Crippen molar-refractivity contribution in [3.05, 3.63) is 52.6 Å². The Morgan fingerprint density at radius 3 is 1.71 bits per heavy atom. The summed E-state index contributed by atoms with van der Waals surface area (Å²) in [6, 6.07) is 8.51. The Hall–Kier alpha value is -2.89. The Balaban J connectivity index is 1.73. The first-order valence-electron chi connectivity index (χ1n) is 13.0. The van der Waals surface area contributed by atoms with E-state index in [2.05, 4.69) is 0 Å². The molecule has 41 heavy (non-hydrogen) atoms. The van der Waals surface area contributed by atoms with Gasteiger partial charge < -0.3 is 65.3 Å². The number of rotatable bonds is 5. The molecule has 11 atom stereocenters. The molecule has 3 aliphatic heterocycles. The minimum absolute atomic E-state index is 0.280. The van der Waals surface area contributed by atoms with Gasteiger partial charge in [0.2, 0.25) is 0 Å². The number of hydrogen-bond donors (Lipinski definition) is 10. The minimum Gasteiger partial charge on any atom is -0.507 e. The average Bonchev–Trinajstić information content (AvgIpc) is 2.97. The Morgan fingerprint density at radius 1 is 0.683 bits per heavy atom. The number of ether oxygens (including phenoxy) is 3. The first-order valence-corrected chi connectivity index (χ1v) is 13.0. The van der Waals surface area contributed by atoms with Crippen LogP contribution < -0.4 is 4.74 Å². The van der Waals surface area contributed by atoms with E-state index < -0.39 is 120 Å². The van der Waals surface area contributed by atoms with Gasteiger partial charge in [-0.2, -0.15) is 0 Å². The highest BCUT2D eigenvalue weighted by Crippen LogP contribution is 2.55. The number of Topliss-reactive ketones (excluding diaryl/α,β-unsaturated/α-hetero) is 1. The van der Waals surface area contributed by atoms with Crippen LogP contribution in [0.3, 0.4) is 0 Å². The Morgan fingerprint density at radius 2 is 1.20 bits per heavy atom. The number of carbonyl (C=O) groups is 1. The van der Waals surface area contributed by atoms with Crippen molar-refractivity contribution in [1.82, 2.24) is 0 Å². The molecule has 0 aliphatic carbocycles. The lowest BCUT2D eigenvalue weighted by atomic mass is 9.82. The van der Waals surface area contributed by atoms with E-state index in [1.54, 1.807) is 30.3 Å². The summed E-state index contributed by atoms with van der Waals surface area (Å²) in [5, 5.41) is 105. The van der Waals surface area contributed by atoms with Gasteiger partial charge in [0.1, 0.15) is 90.0 Å². The summed E-state index contributed by atoms with van der Waals surface area (Å²) in [6.07, 6.45) is -18.9. The van der Waals surface area contributed by atoms with Crippen LogP contribution in [0.5, 0.6) is 17.2 Å². The molecule has 0 spiro atoms. The standard InChI is InChI=1S/C27H32O14/c28-7-12-17(31)21(35)23(37)26(40-12)15-19(33)14-10(30)6-11(9-4-2-1-3-5-9)39-25(14)16(20(15)34)27-24(38)22(36)18(32)13(8-29)41-27/h1-5,11-13,17-18,21-24,26-29,31-38H,6-8H2/t11?,12-,13-,17-,18-,21+,22+,23-,24-,26+,27+/m1/s1. The summed E-state index contributed by atoms with van der Waals surface area (Å²) in [4.78, 5) is 13.5. The van der Waals surface area contributed by atoms with E-state index >= 15 is 0 Å². The smallest absolute Gasteiger partial charge is 0.174 e. The predicted molar refractivity (Wildman–Crippen MR) is 134 cm³/mol. The third-order valence-corrected chi connectivity index (χ3v) is 7.91. The SMILES string of the molecule is O=C1CC(c2ccccc2)Oc2c1c(O)c([C@@H]1O[C@H](CO)[C@@H](O)[C@H](O)[C@H]1O)c(O)c2[C@@H]1O[C@H](CO)[C@@H](O)[C@H](O)[C@H]1O. The second kappa shape index (κ2) is 11.4. The molecular formula is C27H32O14. The van der Waals surface area contributed by atoms with Crippen LogP contribution in [0.4, 0.5) is 0 Å². The topological polar surface area (TPSA) is 247 Å². The number of aliphatic hydroxyl groups is 8. The summed E-state index contributed by atoms with van der Waals surface area (Å²) in [5.74, 6) is -2.94. The molecule has 2 fully saturated rings. The van der Waals surface area contributed by atoms with E-state index in [-0.39, 0.29) is 6.42 Å². The molecule has 10 N–H and O–H groups in total. The molecule has 0 bridgehead atoms. The van der Waals surface area contributed by atoms with Crippen molar-refractivity contribution in [3.8, 4) is 17.2 Å². The second-order valence-electron chi connectivity index (χ2n) is 10.4. The van der Waals surface area contributed by atoms with Gasteiger partial charge in [-0.15, -0.1) is 0 Å². The van der Waals surface area contributed by atoms with Crippen LogP contribution in [0.1, 0.15) is 51.8 Å². The zero-order valence-electron chi connectivity index (χ0n) is 21.5. The summed E-state index contributed by atoms with van der Waals surface area (Å²) in [7, 11) is 0. The first-order chi connectivity index (χ1) is 19.5. The van der Waals surface area contributed by atoms with Gasteiger partial charge in [0.05, 0.1) is 30.8 Å². The van der Waals surface area contributed by atoms with Crippen molar-refractivity contribution in [2.24, 2.45) is 0 Å². The Kier molecular flexibility index (Phi) is 8.24. The summed E-state index contributed by atoms with van der Waals surface area (Å²) < 4.78 is 17.3. The van der Waals surface area contributed by atoms with E-state index in [0.29, 0.717) is 5.56 Å². The molecule has 0 saturated carbocycles. The number of aromatic hydroxyl groups is 2. The fraction of sp³-hybridized carbons (Fsp3) is 0.519. The molecule has 2 aromatic carbocycles.